The topological polar surface area (TPSA) is 58.6 Å². The maximum absolute atomic E-state index is 10.9. The highest BCUT2D eigenvalue weighted by molar-refractivity contribution is 6.06. The average molecular weight is 312 g/mol. The van der Waals surface area contributed by atoms with Crippen LogP contribution in [0.2, 0.25) is 0 Å². The number of hydrogen-bond donors (Lipinski definition) is 2. The first-order chi connectivity index (χ1) is 10.8. The summed E-state index contributed by atoms with van der Waals surface area (Å²) in [4.78, 5) is 0. The molecular formula is C20H28N2O. The van der Waals surface area contributed by atoms with E-state index < -0.39 is 5.60 Å². The summed E-state index contributed by atoms with van der Waals surface area (Å²) in [5.74, 6) is 7.22. The summed E-state index contributed by atoms with van der Waals surface area (Å²) in [6, 6.07) is 0. The van der Waals surface area contributed by atoms with Crippen molar-refractivity contribution in [1.82, 2.24) is 0 Å². The van der Waals surface area contributed by atoms with Crippen LogP contribution < -0.4 is 5.84 Å². The Morgan fingerprint density at radius 3 is 2.61 bits per heavy atom. The van der Waals surface area contributed by atoms with Crippen LogP contribution in [0.4, 0.5) is 0 Å². The predicted molar refractivity (Wildman–Crippen MR) is 93.8 cm³/mol. The maximum Gasteiger partial charge on any atom is 0.0827 e. The van der Waals surface area contributed by atoms with E-state index in [-0.39, 0.29) is 10.8 Å². The van der Waals surface area contributed by atoms with Crippen LogP contribution in [0.3, 0.4) is 0 Å². The highest BCUT2D eigenvalue weighted by atomic mass is 16.3. The number of allylic oxidation sites excluding steroid dienone is 6. The number of hydrazone groups is 1. The van der Waals surface area contributed by atoms with Gasteiger partial charge in [0.15, 0.2) is 0 Å². The van der Waals surface area contributed by atoms with E-state index in [0.717, 1.165) is 25.0 Å². The Labute approximate surface area is 139 Å². The molecule has 0 bridgehead atoms. The molecule has 0 aromatic carbocycles. The largest absolute Gasteiger partial charge is 0.390 e. The van der Waals surface area contributed by atoms with Crippen LogP contribution in [-0.4, -0.2) is 16.4 Å². The monoisotopic (exact) mass is 312 g/mol. The minimum absolute atomic E-state index is 0.0539. The van der Waals surface area contributed by atoms with Gasteiger partial charge in [0.2, 0.25) is 0 Å². The van der Waals surface area contributed by atoms with Crippen LogP contribution >= 0.6 is 0 Å². The fourth-order valence-corrected chi connectivity index (χ4v) is 5.99. The molecule has 4 aliphatic rings. The SMILES string of the molecule is C[C@]12C=C/C(=N\N)C=C1C=C[C@@H]1[C@@H]2CC[C@@]2(C)[C@H]1CC[C@]2(C)O. The standard InChI is InChI=1S/C20H28N2O/c1-18-9-6-14(22-21)12-13(18)4-5-15-16(18)7-10-19(2)17(15)8-11-20(19,3)23/h4-6,9,12,15-17,23H,7-8,10-11,21H2,1-3H3/b22-14+/t15-,16+,17+,18+,19+,20+/m1/s1. The van der Waals surface area contributed by atoms with Gasteiger partial charge >= 0.3 is 0 Å². The Morgan fingerprint density at radius 1 is 1.13 bits per heavy atom. The Hall–Kier alpha value is -1.35. The first kappa shape index (κ1) is 15.2. The van der Waals surface area contributed by atoms with E-state index in [1.165, 1.54) is 12.0 Å². The Kier molecular flexibility index (Phi) is 3.04. The molecular weight excluding hydrogens is 284 g/mol. The third kappa shape index (κ3) is 1.83. The van der Waals surface area contributed by atoms with Crippen LogP contribution in [0.15, 0.2) is 41.1 Å². The van der Waals surface area contributed by atoms with Crippen molar-refractivity contribution in [3.63, 3.8) is 0 Å². The van der Waals surface area contributed by atoms with Gasteiger partial charge in [-0.3, -0.25) is 0 Å². The second-order valence-electron chi connectivity index (χ2n) is 8.69. The minimum Gasteiger partial charge on any atom is -0.390 e. The molecule has 0 saturated heterocycles. The molecule has 3 heteroatoms. The lowest BCUT2D eigenvalue weighted by Gasteiger charge is -2.56. The molecule has 4 rings (SSSR count). The fourth-order valence-electron chi connectivity index (χ4n) is 5.99. The normalized spacial score (nSPS) is 52.8. The van der Waals surface area contributed by atoms with E-state index in [2.05, 4.69) is 56.3 Å². The zero-order chi connectivity index (χ0) is 16.5. The van der Waals surface area contributed by atoms with Crippen molar-refractivity contribution in [3.05, 3.63) is 36.0 Å². The second-order valence-corrected chi connectivity index (χ2v) is 8.69. The number of hydrogen-bond acceptors (Lipinski definition) is 3. The summed E-state index contributed by atoms with van der Waals surface area (Å²) in [5.41, 5.74) is 1.79. The highest BCUT2D eigenvalue weighted by Gasteiger charge is 2.61. The van der Waals surface area contributed by atoms with Crippen molar-refractivity contribution in [2.24, 2.45) is 39.5 Å². The lowest BCUT2D eigenvalue weighted by Crippen LogP contribution is -2.52. The van der Waals surface area contributed by atoms with Crippen molar-refractivity contribution >= 4 is 5.71 Å². The third-order valence-electron chi connectivity index (χ3n) is 7.84. The molecule has 3 N–H and O–H groups in total. The zero-order valence-corrected chi connectivity index (χ0v) is 14.4. The molecule has 0 amide bonds. The summed E-state index contributed by atoms with van der Waals surface area (Å²) in [5, 5.41) is 14.8. The van der Waals surface area contributed by atoms with Gasteiger partial charge in [0.1, 0.15) is 0 Å². The fraction of sp³-hybridized carbons (Fsp3) is 0.650. The number of nitrogens with two attached hydrogens (primary N) is 1. The van der Waals surface area contributed by atoms with Crippen LogP contribution in [0, 0.1) is 28.6 Å². The Balaban J connectivity index is 1.76. The van der Waals surface area contributed by atoms with E-state index in [4.69, 9.17) is 5.84 Å². The predicted octanol–water partition coefficient (Wildman–Crippen LogP) is 3.57. The first-order valence-electron chi connectivity index (χ1n) is 8.92. The van der Waals surface area contributed by atoms with E-state index in [0.29, 0.717) is 17.8 Å². The van der Waals surface area contributed by atoms with Crippen molar-refractivity contribution in [1.29, 1.82) is 0 Å². The molecule has 0 aromatic rings. The third-order valence-corrected chi connectivity index (χ3v) is 7.84. The molecule has 0 aromatic heterocycles. The summed E-state index contributed by atoms with van der Waals surface area (Å²) >= 11 is 0. The molecule has 2 saturated carbocycles. The van der Waals surface area contributed by atoms with E-state index in [1.54, 1.807) is 0 Å². The highest BCUT2D eigenvalue weighted by Crippen LogP contribution is 2.65. The average Bonchev–Trinajstić information content (AvgIpc) is 2.77. The molecule has 4 aliphatic carbocycles. The van der Waals surface area contributed by atoms with E-state index >= 15 is 0 Å². The van der Waals surface area contributed by atoms with Crippen molar-refractivity contribution in [2.45, 2.75) is 52.1 Å². The van der Waals surface area contributed by atoms with Crippen LogP contribution in [0.5, 0.6) is 0 Å². The van der Waals surface area contributed by atoms with Gasteiger partial charge in [-0.2, -0.15) is 5.10 Å². The summed E-state index contributed by atoms with van der Waals surface area (Å²) in [7, 11) is 0. The molecule has 0 heterocycles. The molecule has 2 fully saturated rings. The molecule has 23 heavy (non-hydrogen) atoms. The van der Waals surface area contributed by atoms with Crippen molar-refractivity contribution in [3.8, 4) is 0 Å². The summed E-state index contributed by atoms with van der Waals surface area (Å²) < 4.78 is 0. The smallest absolute Gasteiger partial charge is 0.0827 e. The lowest BCUT2D eigenvalue weighted by molar-refractivity contribution is -0.0976. The van der Waals surface area contributed by atoms with Crippen LogP contribution in [0.25, 0.3) is 0 Å². The van der Waals surface area contributed by atoms with Crippen molar-refractivity contribution < 1.29 is 5.11 Å². The lowest BCUT2D eigenvalue weighted by atomic mass is 9.49. The molecule has 0 spiro atoms. The van der Waals surface area contributed by atoms with Gasteiger partial charge in [-0.25, -0.2) is 0 Å². The van der Waals surface area contributed by atoms with Gasteiger partial charge in [-0.05, 0) is 73.5 Å². The maximum atomic E-state index is 10.9. The molecule has 124 valence electrons. The molecule has 3 nitrogen and oxygen atoms in total. The minimum atomic E-state index is -0.519. The van der Waals surface area contributed by atoms with Crippen LogP contribution in [0.1, 0.15) is 46.5 Å². The quantitative estimate of drug-likeness (QED) is 0.531. The van der Waals surface area contributed by atoms with Gasteiger partial charge in [0.25, 0.3) is 0 Å². The van der Waals surface area contributed by atoms with Crippen molar-refractivity contribution in [2.75, 3.05) is 0 Å². The van der Waals surface area contributed by atoms with Gasteiger partial charge < -0.3 is 10.9 Å². The Bertz CT molecular complexity index is 657. The number of fused-ring (bicyclic) bond motifs is 5. The summed E-state index contributed by atoms with van der Waals surface area (Å²) in [6.07, 6.45) is 15.6. The van der Waals surface area contributed by atoms with Gasteiger partial charge in [-0.1, -0.05) is 32.1 Å². The zero-order valence-electron chi connectivity index (χ0n) is 14.4. The molecule has 0 aliphatic heterocycles. The molecule has 0 radical (unpaired) electrons. The number of aliphatic hydroxyl groups is 1. The van der Waals surface area contributed by atoms with Gasteiger partial charge in [-0.15, -0.1) is 0 Å². The summed E-state index contributed by atoms with van der Waals surface area (Å²) in [6.45, 7) is 6.73. The van der Waals surface area contributed by atoms with E-state index in [1.807, 2.05) is 0 Å². The van der Waals surface area contributed by atoms with Gasteiger partial charge in [0.05, 0.1) is 11.3 Å². The number of rotatable bonds is 0. The molecule has 0 unspecified atom stereocenters. The molecule has 6 atom stereocenters. The van der Waals surface area contributed by atoms with Crippen LogP contribution in [-0.2, 0) is 0 Å². The number of nitrogens with zero attached hydrogens (tertiary/aromatic N) is 1. The Morgan fingerprint density at radius 2 is 1.87 bits per heavy atom. The van der Waals surface area contributed by atoms with Gasteiger partial charge in [0, 0.05) is 5.41 Å². The first-order valence-corrected chi connectivity index (χ1v) is 8.92. The van der Waals surface area contributed by atoms with E-state index in [9.17, 15) is 5.11 Å². The second kappa shape index (κ2) is 4.60.